The molecule has 7 atom stereocenters. The fraction of sp³-hybridized carbons (Fsp3) is 0.516. The molecule has 3 fully saturated rings. The van der Waals surface area contributed by atoms with Gasteiger partial charge in [0.15, 0.2) is 0 Å². The Morgan fingerprint density at radius 2 is 1.82 bits per heavy atom. The monoisotopic (exact) mass is 565 g/mol. The zero-order valence-corrected chi connectivity index (χ0v) is 24.4. The van der Waals surface area contributed by atoms with E-state index in [1.165, 1.54) is 0 Å². The van der Waals surface area contributed by atoms with E-state index in [1.54, 1.807) is 48.0 Å². The molecule has 0 radical (unpaired) electrons. The fourth-order valence-electron chi connectivity index (χ4n) is 7.02. The maximum Gasteiger partial charge on any atom is 0.248 e. The van der Waals surface area contributed by atoms with Crippen LogP contribution in [0.1, 0.15) is 45.6 Å². The number of carbonyl (C=O) groups is 3. The lowest BCUT2D eigenvalue weighted by atomic mass is 9.66. The predicted molar refractivity (Wildman–Crippen MR) is 156 cm³/mol. The minimum absolute atomic E-state index is 0.0244. The van der Waals surface area contributed by atoms with E-state index in [0.29, 0.717) is 24.4 Å². The fourth-order valence-corrected chi connectivity index (χ4v) is 9.36. The lowest BCUT2D eigenvalue weighted by Gasteiger charge is -2.39. The van der Waals surface area contributed by atoms with Crippen LogP contribution in [0.25, 0.3) is 0 Å². The van der Waals surface area contributed by atoms with Crippen LogP contribution in [0.5, 0.6) is 5.75 Å². The number of fused-ring (bicyclic) bond motifs is 1. The number of hydrogen-bond acceptors (Lipinski definition) is 6. The molecule has 3 saturated heterocycles. The molecule has 5 rings (SSSR count). The van der Waals surface area contributed by atoms with Crippen molar-refractivity contribution >= 4 is 35.2 Å². The lowest BCUT2D eigenvalue weighted by Crippen LogP contribution is -2.56. The van der Waals surface area contributed by atoms with Crippen LogP contribution in [0.2, 0.25) is 0 Å². The summed E-state index contributed by atoms with van der Waals surface area (Å²) < 4.78 is 4.03. The summed E-state index contributed by atoms with van der Waals surface area (Å²) >= 11 is 1.63. The van der Waals surface area contributed by atoms with E-state index in [1.807, 2.05) is 44.2 Å². The molecule has 0 saturated carbocycles. The summed E-state index contributed by atoms with van der Waals surface area (Å²) in [5, 5.41) is 16.6. The van der Waals surface area contributed by atoms with E-state index >= 15 is 0 Å². The van der Waals surface area contributed by atoms with Gasteiger partial charge in [-0.2, -0.15) is 0 Å². The number of nitrogens with zero attached hydrogens (tertiary/aromatic N) is 1. The number of amides is 3. The Kier molecular flexibility index (Phi) is 7.90. The number of rotatable bonds is 10. The average Bonchev–Trinajstić information content (AvgIpc) is 3.53. The van der Waals surface area contributed by atoms with Gasteiger partial charge in [0.25, 0.3) is 0 Å². The van der Waals surface area contributed by atoms with Crippen LogP contribution in [0.15, 0.2) is 54.6 Å². The number of anilines is 1. The minimum atomic E-state index is -0.808. The summed E-state index contributed by atoms with van der Waals surface area (Å²) in [5.41, 5.74) is 1.59. The van der Waals surface area contributed by atoms with Crippen molar-refractivity contribution in [1.82, 2.24) is 10.2 Å². The van der Waals surface area contributed by atoms with E-state index in [4.69, 9.17) is 4.74 Å². The number of benzene rings is 2. The van der Waals surface area contributed by atoms with Gasteiger partial charge in [-0.3, -0.25) is 14.4 Å². The van der Waals surface area contributed by atoms with Crippen molar-refractivity contribution in [1.29, 1.82) is 0 Å². The third-order valence-electron chi connectivity index (χ3n) is 9.26. The Labute approximate surface area is 240 Å². The van der Waals surface area contributed by atoms with Gasteiger partial charge in [-0.15, -0.1) is 11.8 Å². The molecule has 2 bridgehead atoms. The van der Waals surface area contributed by atoms with Crippen molar-refractivity contribution in [2.45, 2.75) is 68.2 Å². The topological polar surface area (TPSA) is 108 Å². The molecule has 9 heteroatoms. The molecule has 0 aliphatic carbocycles. The maximum atomic E-state index is 14.4. The summed E-state index contributed by atoms with van der Waals surface area (Å²) in [6, 6.07) is 15.5. The molecule has 3 aliphatic heterocycles. The number of carbonyl (C=O) groups excluding carboxylic acids is 3. The van der Waals surface area contributed by atoms with Crippen molar-refractivity contribution in [3.8, 4) is 5.75 Å². The van der Waals surface area contributed by atoms with E-state index < -0.39 is 33.4 Å². The molecule has 8 nitrogen and oxygen atoms in total. The first kappa shape index (κ1) is 28.5. The number of ether oxygens (including phenoxy) is 1. The first-order valence-corrected chi connectivity index (χ1v) is 14.9. The number of methoxy groups -OCH3 is 1. The molecular formula is C31H39N3O5S. The molecule has 2 aromatic carbocycles. The Morgan fingerprint density at radius 1 is 1.12 bits per heavy atom. The number of thioether (sulfide) groups is 1. The SMILES string of the molecule is CC[C@H](C)[C@H](CO)N1C(=O)[C@@H]2[C@H](C(=O)NCc3ccccc3)[C@]3(C)CCC2(S3)C1C(=O)Nc1ccc(OC)cc1. The first-order valence-electron chi connectivity index (χ1n) is 14.1. The molecule has 3 amide bonds. The van der Waals surface area contributed by atoms with Gasteiger partial charge in [-0.05, 0) is 55.5 Å². The number of aliphatic hydroxyl groups excluding tert-OH is 1. The third kappa shape index (κ3) is 4.67. The highest BCUT2D eigenvalue weighted by molar-refractivity contribution is 8.02. The standard InChI is InChI=1S/C31H39N3O5S/c1-5-19(2)23(18-35)34-26(28(37)33-21-11-13-22(39-4)14-12-21)31-16-15-30(3,40-31)24(25(31)29(34)38)27(36)32-17-20-9-7-6-8-10-20/h6-14,19,23-26,35H,5,15-18H2,1-4H3,(H,32,36)(H,33,37)/t19-,23-,24+,25-,26?,30-,31?/m0/s1. The first-order chi connectivity index (χ1) is 19.2. The van der Waals surface area contributed by atoms with Gasteiger partial charge in [0.05, 0.1) is 36.3 Å². The molecule has 214 valence electrons. The molecule has 3 heterocycles. The second kappa shape index (κ2) is 11.1. The van der Waals surface area contributed by atoms with Gasteiger partial charge in [0.1, 0.15) is 11.8 Å². The van der Waals surface area contributed by atoms with Crippen LogP contribution < -0.4 is 15.4 Å². The second-order valence-corrected chi connectivity index (χ2v) is 13.4. The highest BCUT2D eigenvalue weighted by atomic mass is 32.2. The molecule has 40 heavy (non-hydrogen) atoms. The van der Waals surface area contributed by atoms with Crippen molar-refractivity contribution in [2.75, 3.05) is 19.0 Å². The van der Waals surface area contributed by atoms with Gasteiger partial charge in [-0.1, -0.05) is 50.6 Å². The van der Waals surface area contributed by atoms with Crippen LogP contribution in [-0.2, 0) is 20.9 Å². The zero-order chi connectivity index (χ0) is 28.7. The summed E-state index contributed by atoms with van der Waals surface area (Å²) in [5.74, 6) is -1.21. The summed E-state index contributed by atoms with van der Waals surface area (Å²) in [6.07, 6.45) is 2.13. The molecule has 3 aliphatic rings. The number of nitrogens with one attached hydrogen (secondary N) is 2. The zero-order valence-electron chi connectivity index (χ0n) is 23.6. The molecule has 2 unspecified atom stereocenters. The minimum Gasteiger partial charge on any atom is -0.497 e. The number of aliphatic hydroxyl groups is 1. The van der Waals surface area contributed by atoms with Gasteiger partial charge in [0.2, 0.25) is 17.7 Å². The van der Waals surface area contributed by atoms with E-state index in [0.717, 1.165) is 18.4 Å². The van der Waals surface area contributed by atoms with Gasteiger partial charge >= 0.3 is 0 Å². The number of hydrogen-bond donors (Lipinski definition) is 3. The summed E-state index contributed by atoms with van der Waals surface area (Å²) in [4.78, 5) is 44.0. The van der Waals surface area contributed by atoms with Crippen LogP contribution in [-0.4, -0.2) is 63.0 Å². The van der Waals surface area contributed by atoms with E-state index in [9.17, 15) is 19.5 Å². The van der Waals surface area contributed by atoms with Crippen molar-refractivity contribution < 1.29 is 24.2 Å². The quantitative estimate of drug-likeness (QED) is 0.404. The van der Waals surface area contributed by atoms with Crippen molar-refractivity contribution in [3.63, 3.8) is 0 Å². The summed E-state index contributed by atoms with van der Waals surface area (Å²) in [6.45, 7) is 6.20. The molecule has 2 aromatic rings. The van der Waals surface area contributed by atoms with Crippen molar-refractivity contribution in [3.05, 3.63) is 60.2 Å². The van der Waals surface area contributed by atoms with Gasteiger partial charge in [-0.25, -0.2) is 0 Å². The third-order valence-corrected chi connectivity index (χ3v) is 11.2. The van der Waals surface area contributed by atoms with Crippen LogP contribution >= 0.6 is 11.8 Å². The Balaban J connectivity index is 1.50. The Hall–Kier alpha value is -3.04. The van der Waals surface area contributed by atoms with Gasteiger partial charge in [0, 0.05) is 17.0 Å². The Morgan fingerprint density at radius 3 is 2.45 bits per heavy atom. The van der Waals surface area contributed by atoms with E-state index in [2.05, 4.69) is 17.6 Å². The normalized spacial score (nSPS) is 30.1. The predicted octanol–water partition coefficient (Wildman–Crippen LogP) is 3.84. The van der Waals surface area contributed by atoms with E-state index in [-0.39, 0.29) is 30.2 Å². The smallest absolute Gasteiger partial charge is 0.248 e. The molecular weight excluding hydrogens is 526 g/mol. The average molecular weight is 566 g/mol. The number of likely N-dealkylation sites (tertiary alicyclic amines) is 1. The van der Waals surface area contributed by atoms with Crippen LogP contribution in [0.4, 0.5) is 5.69 Å². The molecule has 3 N–H and O–H groups in total. The van der Waals surface area contributed by atoms with Crippen LogP contribution in [0.3, 0.4) is 0 Å². The highest BCUT2D eigenvalue weighted by Gasteiger charge is 2.77. The van der Waals surface area contributed by atoms with Crippen molar-refractivity contribution in [2.24, 2.45) is 17.8 Å². The summed E-state index contributed by atoms with van der Waals surface area (Å²) in [7, 11) is 1.58. The Bertz CT molecular complexity index is 1260. The lowest BCUT2D eigenvalue weighted by molar-refractivity contribution is -0.143. The maximum absolute atomic E-state index is 14.4. The largest absolute Gasteiger partial charge is 0.497 e. The molecule has 0 aromatic heterocycles. The second-order valence-electron chi connectivity index (χ2n) is 11.5. The van der Waals surface area contributed by atoms with Gasteiger partial charge < -0.3 is 25.4 Å². The highest BCUT2D eigenvalue weighted by Crippen LogP contribution is 2.71. The molecule has 1 spiro atoms. The van der Waals surface area contributed by atoms with Crippen LogP contribution in [0, 0.1) is 17.8 Å².